The van der Waals surface area contributed by atoms with Crippen LogP contribution in [-0.4, -0.2) is 33.7 Å². The molecule has 0 aliphatic rings. The summed E-state index contributed by atoms with van der Waals surface area (Å²) < 4.78 is 31.2. The fourth-order valence-electron chi connectivity index (χ4n) is 2.37. The molecule has 0 saturated carbocycles. The van der Waals surface area contributed by atoms with Gasteiger partial charge in [-0.1, -0.05) is 29.8 Å². The van der Waals surface area contributed by atoms with Crippen LogP contribution in [0.15, 0.2) is 48.5 Å². The number of carbonyl (C=O) groups excluding carboxylic acids is 1. The Bertz CT molecular complexity index is 831. The van der Waals surface area contributed by atoms with Crippen molar-refractivity contribution in [3.05, 3.63) is 59.7 Å². The maximum absolute atomic E-state index is 12.2. The lowest BCUT2D eigenvalue weighted by atomic mass is 10.1. The number of ether oxygens (including phenoxy) is 1. The molecule has 1 N–H and O–H groups in total. The zero-order valence-electron chi connectivity index (χ0n) is 15.2. The summed E-state index contributed by atoms with van der Waals surface area (Å²) >= 11 is 0. The molecule has 2 aromatic rings. The number of hydrogen-bond acceptors (Lipinski definition) is 4. The molecule has 2 rings (SSSR count). The predicted octanol–water partition coefficient (Wildman–Crippen LogP) is 2.48. The Balaban J connectivity index is 2.13. The van der Waals surface area contributed by atoms with Gasteiger partial charge in [-0.25, -0.2) is 8.42 Å². The first-order valence-electron chi connectivity index (χ1n) is 8.32. The number of benzene rings is 2. The van der Waals surface area contributed by atoms with Crippen molar-refractivity contribution in [1.82, 2.24) is 5.32 Å². The van der Waals surface area contributed by atoms with Crippen LogP contribution in [0, 0.1) is 6.92 Å². The third-order valence-electron chi connectivity index (χ3n) is 3.72. The fourth-order valence-corrected chi connectivity index (χ4v) is 3.25. The molecule has 0 radical (unpaired) electrons. The largest absolute Gasteiger partial charge is 0.484 e. The third-order valence-corrected chi connectivity index (χ3v) is 4.86. The van der Waals surface area contributed by atoms with Crippen molar-refractivity contribution < 1.29 is 17.9 Å². The predicted molar refractivity (Wildman–Crippen MR) is 103 cm³/mol. The molecule has 0 unspecified atom stereocenters. The topological polar surface area (TPSA) is 75.7 Å². The SMILES string of the molecule is CCNC(=O)COc1ccc(N(Cc2ccc(C)cc2)S(C)(=O)=O)cc1. The van der Waals surface area contributed by atoms with Crippen LogP contribution in [0.2, 0.25) is 0 Å². The van der Waals surface area contributed by atoms with Crippen LogP contribution in [0.3, 0.4) is 0 Å². The van der Waals surface area contributed by atoms with Crippen molar-refractivity contribution in [1.29, 1.82) is 0 Å². The Morgan fingerprint density at radius 1 is 1.08 bits per heavy atom. The molecule has 0 atom stereocenters. The first-order valence-corrected chi connectivity index (χ1v) is 10.2. The number of nitrogens with one attached hydrogen (secondary N) is 1. The fraction of sp³-hybridized carbons (Fsp3) is 0.316. The second kappa shape index (κ2) is 8.71. The molecule has 7 heteroatoms. The van der Waals surface area contributed by atoms with Crippen molar-refractivity contribution in [3.8, 4) is 5.75 Å². The molecular weight excluding hydrogens is 352 g/mol. The zero-order valence-corrected chi connectivity index (χ0v) is 16.0. The molecule has 0 saturated heterocycles. The molecular formula is C19H24N2O4S. The van der Waals surface area contributed by atoms with Crippen LogP contribution in [0.25, 0.3) is 0 Å². The number of carbonyl (C=O) groups is 1. The molecule has 6 nitrogen and oxygen atoms in total. The average molecular weight is 376 g/mol. The van der Waals surface area contributed by atoms with Gasteiger partial charge in [0, 0.05) is 6.54 Å². The first-order chi connectivity index (χ1) is 12.3. The lowest BCUT2D eigenvalue weighted by Gasteiger charge is -2.23. The van der Waals surface area contributed by atoms with E-state index in [1.54, 1.807) is 24.3 Å². The van der Waals surface area contributed by atoms with Gasteiger partial charge in [0.1, 0.15) is 5.75 Å². The van der Waals surface area contributed by atoms with Gasteiger partial charge < -0.3 is 10.1 Å². The highest BCUT2D eigenvalue weighted by Gasteiger charge is 2.18. The lowest BCUT2D eigenvalue weighted by Crippen LogP contribution is -2.29. The number of aryl methyl sites for hydroxylation is 1. The Morgan fingerprint density at radius 2 is 1.69 bits per heavy atom. The van der Waals surface area contributed by atoms with Gasteiger partial charge in [0.25, 0.3) is 5.91 Å². The monoisotopic (exact) mass is 376 g/mol. The van der Waals surface area contributed by atoms with Crippen molar-refractivity contribution in [2.45, 2.75) is 20.4 Å². The van der Waals surface area contributed by atoms with E-state index in [2.05, 4.69) is 5.32 Å². The van der Waals surface area contributed by atoms with E-state index in [1.165, 1.54) is 10.6 Å². The van der Waals surface area contributed by atoms with E-state index in [1.807, 2.05) is 38.1 Å². The minimum Gasteiger partial charge on any atom is -0.484 e. The lowest BCUT2D eigenvalue weighted by molar-refractivity contribution is -0.122. The van der Waals surface area contributed by atoms with E-state index < -0.39 is 10.0 Å². The van der Waals surface area contributed by atoms with Gasteiger partial charge in [-0.05, 0) is 43.7 Å². The molecule has 0 spiro atoms. The quantitative estimate of drug-likeness (QED) is 0.768. The molecule has 1 amide bonds. The maximum atomic E-state index is 12.2. The normalized spacial score (nSPS) is 11.0. The van der Waals surface area contributed by atoms with Crippen LogP contribution in [0.1, 0.15) is 18.1 Å². The molecule has 0 aromatic heterocycles. The number of amides is 1. The van der Waals surface area contributed by atoms with Crippen LogP contribution in [-0.2, 0) is 21.4 Å². The molecule has 26 heavy (non-hydrogen) atoms. The summed E-state index contributed by atoms with van der Waals surface area (Å²) in [5.74, 6) is 0.303. The number of hydrogen-bond donors (Lipinski definition) is 1. The van der Waals surface area contributed by atoms with Crippen LogP contribution in [0.4, 0.5) is 5.69 Å². The second-order valence-electron chi connectivity index (χ2n) is 5.99. The summed E-state index contributed by atoms with van der Waals surface area (Å²) in [7, 11) is -3.44. The van der Waals surface area contributed by atoms with Crippen LogP contribution >= 0.6 is 0 Å². The standard InChI is InChI=1S/C19H24N2O4S/c1-4-20-19(22)14-25-18-11-9-17(10-12-18)21(26(3,23)24)13-16-7-5-15(2)6-8-16/h5-12H,4,13-14H2,1-3H3,(H,20,22). The Kier molecular flexibility index (Phi) is 6.63. The summed E-state index contributed by atoms with van der Waals surface area (Å²) in [5.41, 5.74) is 2.56. The van der Waals surface area contributed by atoms with E-state index in [0.29, 0.717) is 18.0 Å². The minimum absolute atomic E-state index is 0.0770. The van der Waals surface area contributed by atoms with E-state index in [0.717, 1.165) is 11.1 Å². The summed E-state index contributed by atoms with van der Waals surface area (Å²) in [6.45, 7) is 4.53. The van der Waals surface area contributed by atoms with E-state index >= 15 is 0 Å². The Morgan fingerprint density at radius 3 is 2.23 bits per heavy atom. The highest BCUT2D eigenvalue weighted by atomic mass is 32.2. The molecule has 0 fully saturated rings. The summed E-state index contributed by atoms with van der Waals surface area (Å²) in [6, 6.07) is 14.4. The maximum Gasteiger partial charge on any atom is 0.257 e. The van der Waals surface area contributed by atoms with Gasteiger partial charge >= 0.3 is 0 Å². The van der Waals surface area contributed by atoms with Crippen molar-refractivity contribution in [2.24, 2.45) is 0 Å². The van der Waals surface area contributed by atoms with Crippen molar-refractivity contribution >= 4 is 21.6 Å². The summed E-state index contributed by atoms with van der Waals surface area (Å²) in [4.78, 5) is 11.4. The Labute approximate surface area is 154 Å². The van der Waals surface area contributed by atoms with Gasteiger partial charge in [0.15, 0.2) is 6.61 Å². The number of sulfonamides is 1. The number of anilines is 1. The molecule has 140 valence electrons. The van der Waals surface area contributed by atoms with Gasteiger partial charge in [-0.2, -0.15) is 0 Å². The highest BCUT2D eigenvalue weighted by molar-refractivity contribution is 7.92. The molecule has 0 aliphatic carbocycles. The van der Waals surface area contributed by atoms with Gasteiger partial charge in [0.2, 0.25) is 10.0 Å². The zero-order chi connectivity index (χ0) is 19.2. The minimum atomic E-state index is -3.44. The van der Waals surface area contributed by atoms with Crippen molar-refractivity contribution in [2.75, 3.05) is 23.7 Å². The van der Waals surface area contributed by atoms with Crippen molar-refractivity contribution in [3.63, 3.8) is 0 Å². The van der Waals surface area contributed by atoms with E-state index in [4.69, 9.17) is 4.74 Å². The number of nitrogens with zero attached hydrogens (tertiary/aromatic N) is 1. The van der Waals surface area contributed by atoms with E-state index in [9.17, 15) is 13.2 Å². The second-order valence-corrected chi connectivity index (χ2v) is 7.90. The third kappa shape index (κ3) is 5.77. The average Bonchev–Trinajstić information content (AvgIpc) is 2.59. The van der Waals surface area contributed by atoms with Gasteiger partial charge in [-0.3, -0.25) is 9.10 Å². The summed E-state index contributed by atoms with van der Waals surface area (Å²) in [5, 5.41) is 2.65. The molecule has 0 heterocycles. The Hall–Kier alpha value is -2.54. The number of rotatable bonds is 8. The molecule has 0 bridgehead atoms. The van der Waals surface area contributed by atoms with Gasteiger partial charge in [-0.15, -0.1) is 0 Å². The highest BCUT2D eigenvalue weighted by Crippen LogP contribution is 2.23. The molecule has 0 aliphatic heterocycles. The van der Waals surface area contributed by atoms with Crippen LogP contribution < -0.4 is 14.4 Å². The summed E-state index contributed by atoms with van der Waals surface area (Å²) in [6.07, 6.45) is 1.18. The number of likely N-dealkylation sites (N-methyl/N-ethyl adjacent to an activating group) is 1. The smallest absolute Gasteiger partial charge is 0.257 e. The van der Waals surface area contributed by atoms with Gasteiger partial charge in [0.05, 0.1) is 18.5 Å². The first kappa shape index (κ1) is 19.8. The van der Waals surface area contributed by atoms with E-state index in [-0.39, 0.29) is 19.1 Å². The molecule has 2 aromatic carbocycles. The van der Waals surface area contributed by atoms with Crippen LogP contribution in [0.5, 0.6) is 5.75 Å².